The van der Waals surface area contributed by atoms with Gasteiger partial charge >= 0.3 is 12.0 Å². The SMILES string of the molecule is CSCC[C@H](NC(=O)NC1(C)CCCC1)C(=O)O. The second kappa shape index (κ2) is 6.87. The lowest BCUT2D eigenvalue weighted by molar-refractivity contribution is -0.139. The smallest absolute Gasteiger partial charge is 0.326 e. The zero-order chi connectivity index (χ0) is 13.6. The van der Waals surface area contributed by atoms with E-state index < -0.39 is 12.0 Å². The maximum absolute atomic E-state index is 11.8. The van der Waals surface area contributed by atoms with Crippen molar-refractivity contribution in [3.05, 3.63) is 0 Å². The molecule has 18 heavy (non-hydrogen) atoms. The lowest BCUT2D eigenvalue weighted by Gasteiger charge is -2.26. The maximum atomic E-state index is 11.8. The van der Waals surface area contributed by atoms with Gasteiger partial charge in [0, 0.05) is 5.54 Å². The normalized spacial score (nSPS) is 19.2. The van der Waals surface area contributed by atoms with Crippen LogP contribution in [-0.4, -0.2) is 40.7 Å². The quantitative estimate of drug-likeness (QED) is 0.690. The molecule has 2 amide bonds. The van der Waals surface area contributed by atoms with Crippen LogP contribution in [0.15, 0.2) is 0 Å². The fourth-order valence-corrected chi connectivity index (χ4v) is 2.71. The highest BCUT2D eigenvalue weighted by Gasteiger charge is 2.31. The number of aliphatic carboxylic acids is 1. The largest absolute Gasteiger partial charge is 0.480 e. The van der Waals surface area contributed by atoms with Crippen LogP contribution in [0.1, 0.15) is 39.0 Å². The number of hydrogen-bond acceptors (Lipinski definition) is 3. The first-order valence-corrected chi connectivity index (χ1v) is 7.67. The van der Waals surface area contributed by atoms with Crippen LogP contribution < -0.4 is 10.6 Å². The van der Waals surface area contributed by atoms with Crippen molar-refractivity contribution in [2.75, 3.05) is 12.0 Å². The predicted molar refractivity (Wildman–Crippen MR) is 73.0 cm³/mol. The third kappa shape index (κ3) is 4.76. The number of carboxylic acid groups (broad SMARTS) is 1. The third-order valence-electron chi connectivity index (χ3n) is 3.34. The number of amides is 2. The Labute approximate surface area is 112 Å². The Morgan fingerprint density at radius 1 is 1.39 bits per heavy atom. The van der Waals surface area contributed by atoms with E-state index in [1.165, 1.54) is 0 Å². The molecule has 0 radical (unpaired) electrons. The molecule has 0 aliphatic heterocycles. The first kappa shape index (κ1) is 15.1. The van der Waals surface area contributed by atoms with Crippen LogP contribution in [0.5, 0.6) is 0 Å². The molecular formula is C12H22N2O3S. The highest BCUT2D eigenvalue weighted by atomic mass is 32.2. The summed E-state index contributed by atoms with van der Waals surface area (Å²) in [6, 6.07) is -1.17. The van der Waals surface area contributed by atoms with Crippen LogP contribution in [0.3, 0.4) is 0 Å². The highest BCUT2D eigenvalue weighted by Crippen LogP contribution is 2.28. The lowest BCUT2D eigenvalue weighted by Crippen LogP contribution is -2.53. The van der Waals surface area contributed by atoms with E-state index in [2.05, 4.69) is 10.6 Å². The van der Waals surface area contributed by atoms with E-state index in [-0.39, 0.29) is 11.6 Å². The fraction of sp³-hybridized carbons (Fsp3) is 0.833. The Morgan fingerprint density at radius 3 is 2.50 bits per heavy atom. The van der Waals surface area contributed by atoms with Crippen molar-refractivity contribution < 1.29 is 14.7 Å². The third-order valence-corrected chi connectivity index (χ3v) is 3.98. The number of carboxylic acids is 1. The van der Waals surface area contributed by atoms with Crippen molar-refractivity contribution in [3.8, 4) is 0 Å². The molecule has 1 atom stereocenters. The molecule has 1 aliphatic carbocycles. The topological polar surface area (TPSA) is 78.4 Å². The van der Waals surface area contributed by atoms with Crippen LogP contribution >= 0.6 is 11.8 Å². The Morgan fingerprint density at radius 2 is 2.00 bits per heavy atom. The van der Waals surface area contributed by atoms with Crippen LogP contribution in [0.25, 0.3) is 0 Å². The highest BCUT2D eigenvalue weighted by molar-refractivity contribution is 7.98. The van der Waals surface area contributed by atoms with Gasteiger partial charge in [-0.15, -0.1) is 0 Å². The zero-order valence-electron chi connectivity index (χ0n) is 11.0. The molecule has 5 nitrogen and oxygen atoms in total. The van der Waals surface area contributed by atoms with Gasteiger partial charge in [0.25, 0.3) is 0 Å². The van der Waals surface area contributed by atoms with Gasteiger partial charge in [0.15, 0.2) is 0 Å². The molecule has 3 N–H and O–H groups in total. The summed E-state index contributed by atoms with van der Waals surface area (Å²) in [4.78, 5) is 22.8. The van der Waals surface area contributed by atoms with Crippen molar-refractivity contribution in [2.24, 2.45) is 0 Å². The number of carbonyl (C=O) groups excluding carboxylic acids is 1. The van der Waals surface area contributed by atoms with Gasteiger partial charge in [-0.1, -0.05) is 12.8 Å². The van der Waals surface area contributed by atoms with E-state index in [4.69, 9.17) is 5.11 Å². The Hall–Kier alpha value is -0.910. The van der Waals surface area contributed by atoms with E-state index in [1.807, 2.05) is 13.2 Å². The predicted octanol–water partition coefficient (Wildman–Crippen LogP) is 1.82. The summed E-state index contributed by atoms with van der Waals surface area (Å²) in [5, 5.41) is 14.5. The van der Waals surface area contributed by atoms with E-state index >= 15 is 0 Å². The molecule has 0 aromatic heterocycles. The molecule has 6 heteroatoms. The average Bonchev–Trinajstić information content (AvgIpc) is 2.70. The van der Waals surface area contributed by atoms with Crippen molar-refractivity contribution >= 4 is 23.8 Å². The summed E-state index contributed by atoms with van der Waals surface area (Å²) in [5.74, 6) is -0.259. The molecule has 0 saturated heterocycles. The van der Waals surface area contributed by atoms with Gasteiger partial charge < -0.3 is 15.7 Å². The van der Waals surface area contributed by atoms with Crippen LogP contribution in [-0.2, 0) is 4.79 Å². The minimum Gasteiger partial charge on any atom is -0.480 e. The molecule has 0 heterocycles. The van der Waals surface area contributed by atoms with Gasteiger partial charge in [0.2, 0.25) is 0 Å². The maximum Gasteiger partial charge on any atom is 0.326 e. The van der Waals surface area contributed by atoms with Crippen LogP contribution in [0, 0.1) is 0 Å². The zero-order valence-corrected chi connectivity index (χ0v) is 11.8. The summed E-state index contributed by atoms with van der Waals surface area (Å²) in [6.45, 7) is 2.01. The Bertz CT molecular complexity index is 304. The molecular weight excluding hydrogens is 252 g/mol. The number of hydrogen-bond donors (Lipinski definition) is 3. The second-order valence-corrected chi connectivity index (χ2v) is 6.02. The number of nitrogens with one attached hydrogen (secondary N) is 2. The molecule has 0 bridgehead atoms. The van der Waals surface area contributed by atoms with Crippen molar-refractivity contribution in [1.29, 1.82) is 0 Å². The number of carbonyl (C=O) groups is 2. The molecule has 0 aromatic carbocycles. The molecule has 0 unspecified atom stereocenters. The Balaban J connectivity index is 2.43. The van der Waals surface area contributed by atoms with Crippen molar-refractivity contribution in [1.82, 2.24) is 10.6 Å². The van der Waals surface area contributed by atoms with Gasteiger partial charge in [-0.05, 0) is 38.2 Å². The van der Waals surface area contributed by atoms with Gasteiger partial charge in [0.05, 0.1) is 0 Å². The van der Waals surface area contributed by atoms with Crippen LogP contribution in [0.4, 0.5) is 4.79 Å². The molecule has 1 saturated carbocycles. The summed E-state index contributed by atoms with van der Waals surface area (Å²) in [7, 11) is 0. The first-order chi connectivity index (χ1) is 8.47. The summed E-state index contributed by atoms with van der Waals surface area (Å²) in [6.07, 6.45) is 6.52. The average molecular weight is 274 g/mol. The van der Waals surface area contributed by atoms with Gasteiger partial charge in [0.1, 0.15) is 6.04 Å². The van der Waals surface area contributed by atoms with Crippen LogP contribution in [0.2, 0.25) is 0 Å². The van der Waals surface area contributed by atoms with Crippen molar-refractivity contribution in [3.63, 3.8) is 0 Å². The molecule has 0 spiro atoms. The van der Waals surface area contributed by atoms with Gasteiger partial charge in [-0.25, -0.2) is 9.59 Å². The second-order valence-electron chi connectivity index (χ2n) is 5.04. The molecule has 0 aromatic rings. The van der Waals surface area contributed by atoms with Crippen molar-refractivity contribution in [2.45, 2.75) is 50.6 Å². The monoisotopic (exact) mass is 274 g/mol. The van der Waals surface area contributed by atoms with E-state index in [1.54, 1.807) is 11.8 Å². The number of urea groups is 1. The van der Waals surface area contributed by atoms with E-state index in [0.717, 1.165) is 25.7 Å². The standard InChI is InChI=1S/C12H22N2O3S/c1-12(6-3-4-7-12)14-11(17)13-9(10(15)16)5-8-18-2/h9H,3-8H2,1-2H3,(H,15,16)(H2,13,14,17)/t9-/m0/s1. The molecule has 1 fully saturated rings. The molecule has 1 aliphatic rings. The number of rotatable bonds is 6. The molecule has 1 rings (SSSR count). The first-order valence-electron chi connectivity index (χ1n) is 6.27. The summed E-state index contributed by atoms with van der Waals surface area (Å²) >= 11 is 1.57. The summed E-state index contributed by atoms with van der Waals surface area (Å²) < 4.78 is 0. The van der Waals surface area contributed by atoms with Gasteiger partial charge in [-0.3, -0.25) is 0 Å². The Kier molecular flexibility index (Phi) is 5.78. The van der Waals surface area contributed by atoms with Gasteiger partial charge in [-0.2, -0.15) is 11.8 Å². The lowest BCUT2D eigenvalue weighted by atomic mass is 10.0. The number of thioether (sulfide) groups is 1. The minimum atomic E-state index is -0.976. The van der Waals surface area contributed by atoms with E-state index in [9.17, 15) is 9.59 Å². The minimum absolute atomic E-state index is 0.174. The molecule has 104 valence electrons. The summed E-state index contributed by atoms with van der Waals surface area (Å²) in [5.41, 5.74) is -0.174. The van der Waals surface area contributed by atoms with E-state index in [0.29, 0.717) is 12.2 Å². The fourth-order valence-electron chi connectivity index (χ4n) is 2.24.